The van der Waals surface area contributed by atoms with E-state index in [-0.39, 0.29) is 29.5 Å². The van der Waals surface area contributed by atoms with Crippen molar-refractivity contribution in [1.82, 2.24) is 15.5 Å². The molecule has 0 aromatic heterocycles. The van der Waals surface area contributed by atoms with Crippen LogP contribution in [0.1, 0.15) is 51.4 Å². The number of rotatable bonds is 9. The highest BCUT2D eigenvalue weighted by atomic mass is 127. The minimum absolute atomic E-state index is 0. The van der Waals surface area contributed by atoms with Crippen LogP contribution in [0.15, 0.2) is 4.99 Å². The Bertz CT molecular complexity index is 434. The molecule has 0 bridgehead atoms. The summed E-state index contributed by atoms with van der Waals surface area (Å²) in [6.45, 7) is 7.55. The summed E-state index contributed by atoms with van der Waals surface area (Å²) in [5.74, 6) is 1.77. The highest BCUT2D eigenvalue weighted by molar-refractivity contribution is 14.0. The van der Waals surface area contributed by atoms with Crippen molar-refractivity contribution >= 4 is 29.9 Å². The Labute approximate surface area is 182 Å². The lowest BCUT2D eigenvalue weighted by molar-refractivity contribution is -0.0352. The molecule has 1 aliphatic heterocycles. The Balaban J connectivity index is 0.00000261. The summed E-state index contributed by atoms with van der Waals surface area (Å²) in [4.78, 5) is 7.08. The maximum absolute atomic E-state index is 5.70. The van der Waals surface area contributed by atoms with Crippen LogP contribution >= 0.6 is 24.0 Å². The average molecular weight is 494 g/mol. The molecule has 6 nitrogen and oxygen atoms in total. The highest BCUT2D eigenvalue weighted by Gasteiger charge is 2.38. The molecule has 1 saturated heterocycles. The molecule has 2 saturated carbocycles. The zero-order valence-electron chi connectivity index (χ0n) is 17.0. The summed E-state index contributed by atoms with van der Waals surface area (Å²) < 4.78 is 11.3. The molecule has 0 aromatic rings. The SMILES string of the molecule is CN=C(NCCCOCC1CC1)NCC1(N2CCOCC2)CCCCC1.I. The molecule has 3 fully saturated rings. The van der Waals surface area contributed by atoms with Crippen LogP contribution in [0.4, 0.5) is 0 Å². The minimum atomic E-state index is 0. The predicted octanol–water partition coefficient (Wildman–Crippen LogP) is 2.62. The summed E-state index contributed by atoms with van der Waals surface area (Å²) in [6, 6.07) is 0. The zero-order chi connectivity index (χ0) is 18.1. The molecule has 27 heavy (non-hydrogen) atoms. The molecule has 0 amide bonds. The molecule has 2 aliphatic carbocycles. The van der Waals surface area contributed by atoms with Crippen LogP contribution in [0.2, 0.25) is 0 Å². The van der Waals surface area contributed by atoms with Gasteiger partial charge >= 0.3 is 0 Å². The van der Waals surface area contributed by atoms with E-state index in [2.05, 4.69) is 20.5 Å². The second-order valence-corrected chi connectivity index (χ2v) is 8.11. The average Bonchev–Trinajstić information content (AvgIpc) is 3.53. The fourth-order valence-electron chi connectivity index (χ4n) is 4.24. The van der Waals surface area contributed by atoms with Crippen LogP contribution in [-0.2, 0) is 9.47 Å². The van der Waals surface area contributed by atoms with E-state index in [1.54, 1.807) is 0 Å². The number of aliphatic imine (C=N–C) groups is 1. The van der Waals surface area contributed by atoms with Crippen molar-refractivity contribution in [1.29, 1.82) is 0 Å². The van der Waals surface area contributed by atoms with E-state index in [1.807, 2.05) is 7.05 Å². The van der Waals surface area contributed by atoms with Crippen molar-refractivity contribution in [2.75, 3.05) is 59.7 Å². The third-order valence-corrected chi connectivity index (χ3v) is 6.08. The summed E-state index contributed by atoms with van der Waals surface area (Å²) >= 11 is 0. The van der Waals surface area contributed by atoms with E-state index in [0.29, 0.717) is 0 Å². The number of hydrogen-bond acceptors (Lipinski definition) is 4. The summed E-state index contributed by atoms with van der Waals surface area (Å²) in [5, 5.41) is 7.06. The first-order chi connectivity index (χ1) is 12.8. The Kier molecular flexibility index (Phi) is 10.7. The van der Waals surface area contributed by atoms with Gasteiger partial charge in [-0.2, -0.15) is 0 Å². The first kappa shape index (κ1) is 23.2. The summed E-state index contributed by atoms with van der Waals surface area (Å²) in [6.07, 6.45) is 10.4. The second kappa shape index (κ2) is 12.4. The fourth-order valence-corrected chi connectivity index (χ4v) is 4.24. The van der Waals surface area contributed by atoms with Gasteiger partial charge in [-0.3, -0.25) is 9.89 Å². The zero-order valence-corrected chi connectivity index (χ0v) is 19.3. The van der Waals surface area contributed by atoms with Crippen molar-refractivity contribution in [3.63, 3.8) is 0 Å². The van der Waals surface area contributed by atoms with Crippen LogP contribution in [0, 0.1) is 5.92 Å². The molecular formula is C20H39IN4O2. The molecule has 0 atom stereocenters. The quantitative estimate of drug-likeness (QED) is 0.224. The van der Waals surface area contributed by atoms with Crippen LogP contribution in [0.3, 0.4) is 0 Å². The van der Waals surface area contributed by atoms with Crippen molar-refractivity contribution in [3.8, 4) is 0 Å². The maximum Gasteiger partial charge on any atom is 0.191 e. The van der Waals surface area contributed by atoms with Crippen LogP contribution in [0.25, 0.3) is 0 Å². The first-order valence-corrected chi connectivity index (χ1v) is 10.7. The van der Waals surface area contributed by atoms with Gasteiger partial charge in [-0.25, -0.2) is 0 Å². The fraction of sp³-hybridized carbons (Fsp3) is 0.950. The van der Waals surface area contributed by atoms with Crippen molar-refractivity contribution in [2.45, 2.75) is 56.9 Å². The Morgan fingerprint density at radius 1 is 1.15 bits per heavy atom. The monoisotopic (exact) mass is 494 g/mol. The van der Waals surface area contributed by atoms with Gasteiger partial charge in [-0.05, 0) is 38.0 Å². The Hall–Kier alpha value is -0.120. The number of halogens is 1. The third-order valence-electron chi connectivity index (χ3n) is 6.08. The largest absolute Gasteiger partial charge is 0.381 e. The molecular weight excluding hydrogens is 455 g/mol. The summed E-state index contributed by atoms with van der Waals surface area (Å²) in [7, 11) is 1.86. The molecule has 1 heterocycles. The minimum Gasteiger partial charge on any atom is -0.381 e. The molecule has 0 radical (unpaired) electrons. The molecule has 0 spiro atoms. The standard InChI is InChI=1S/C20H38N4O2.HI/c1-21-19(22-10-5-13-26-16-18-6-7-18)23-17-20(8-3-2-4-9-20)24-11-14-25-15-12-24;/h18H,2-17H2,1H3,(H2,21,22,23);1H. The van der Waals surface area contributed by atoms with E-state index in [1.165, 1.54) is 44.9 Å². The number of hydrogen-bond donors (Lipinski definition) is 2. The maximum atomic E-state index is 5.70. The lowest BCUT2D eigenvalue weighted by atomic mass is 9.80. The predicted molar refractivity (Wildman–Crippen MR) is 121 cm³/mol. The van der Waals surface area contributed by atoms with Gasteiger partial charge in [0.2, 0.25) is 0 Å². The number of ether oxygens (including phenoxy) is 2. The van der Waals surface area contributed by atoms with E-state index < -0.39 is 0 Å². The normalized spacial score (nSPS) is 23.5. The van der Waals surface area contributed by atoms with Gasteiger partial charge < -0.3 is 20.1 Å². The molecule has 0 aromatic carbocycles. The smallest absolute Gasteiger partial charge is 0.191 e. The van der Waals surface area contributed by atoms with Gasteiger partial charge in [0, 0.05) is 52.0 Å². The van der Waals surface area contributed by atoms with Crippen LogP contribution < -0.4 is 10.6 Å². The van der Waals surface area contributed by atoms with Gasteiger partial charge in [-0.1, -0.05) is 19.3 Å². The van der Waals surface area contributed by atoms with Gasteiger partial charge in [0.25, 0.3) is 0 Å². The molecule has 3 aliphatic rings. The number of morpholine rings is 1. The summed E-state index contributed by atoms with van der Waals surface area (Å²) in [5.41, 5.74) is 0.271. The molecule has 0 unspecified atom stereocenters. The lowest BCUT2D eigenvalue weighted by Gasteiger charge is -2.48. The Morgan fingerprint density at radius 2 is 1.89 bits per heavy atom. The van der Waals surface area contributed by atoms with E-state index in [9.17, 15) is 0 Å². The number of guanidine groups is 1. The molecule has 3 rings (SSSR count). The second-order valence-electron chi connectivity index (χ2n) is 8.11. The van der Waals surface area contributed by atoms with Gasteiger partial charge in [0.1, 0.15) is 0 Å². The van der Waals surface area contributed by atoms with Crippen molar-refractivity contribution < 1.29 is 9.47 Å². The number of nitrogens with one attached hydrogen (secondary N) is 2. The van der Waals surface area contributed by atoms with Gasteiger partial charge in [0.05, 0.1) is 13.2 Å². The first-order valence-electron chi connectivity index (χ1n) is 10.7. The topological polar surface area (TPSA) is 58.1 Å². The highest BCUT2D eigenvalue weighted by Crippen LogP contribution is 2.33. The van der Waals surface area contributed by atoms with E-state index >= 15 is 0 Å². The van der Waals surface area contributed by atoms with Gasteiger partial charge in [0.15, 0.2) is 5.96 Å². The lowest BCUT2D eigenvalue weighted by Crippen LogP contribution is -2.60. The Morgan fingerprint density at radius 3 is 2.56 bits per heavy atom. The van der Waals surface area contributed by atoms with Crippen molar-refractivity contribution in [2.24, 2.45) is 10.9 Å². The van der Waals surface area contributed by atoms with Crippen LogP contribution in [-0.4, -0.2) is 76.1 Å². The van der Waals surface area contributed by atoms with Gasteiger partial charge in [-0.15, -0.1) is 24.0 Å². The molecule has 158 valence electrons. The van der Waals surface area contributed by atoms with E-state index in [4.69, 9.17) is 9.47 Å². The van der Waals surface area contributed by atoms with Crippen molar-refractivity contribution in [3.05, 3.63) is 0 Å². The molecule has 2 N–H and O–H groups in total. The molecule has 7 heteroatoms. The third kappa shape index (κ3) is 7.66. The number of nitrogens with zero attached hydrogens (tertiary/aromatic N) is 2. The van der Waals surface area contributed by atoms with Crippen LogP contribution in [0.5, 0.6) is 0 Å². The van der Waals surface area contributed by atoms with E-state index in [0.717, 1.165) is 70.9 Å².